The number of anilines is 3. The summed E-state index contributed by atoms with van der Waals surface area (Å²) in [6.07, 6.45) is 0. The third-order valence-electron chi connectivity index (χ3n) is 15.2. The van der Waals surface area contributed by atoms with Crippen LogP contribution in [0, 0.1) is 0 Å². The molecule has 0 N–H and O–H groups in total. The summed E-state index contributed by atoms with van der Waals surface area (Å²) in [6, 6.07) is 86.2. The van der Waals surface area contributed by atoms with Gasteiger partial charge in [-0.2, -0.15) is 0 Å². The number of aromatic nitrogens is 1. The highest BCUT2D eigenvalue weighted by atomic mass is 15.1. The van der Waals surface area contributed by atoms with E-state index in [0.717, 1.165) is 22.7 Å². The molecule has 2 nitrogen and oxygen atoms in total. The van der Waals surface area contributed by atoms with Crippen LogP contribution < -0.4 is 4.90 Å². The van der Waals surface area contributed by atoms with Crippen molar-refractivity contribution in [3.63, 3.8) is 0 Å². The summed E-state index contributed by atoms with van der Waals surface area (Å²) in [5.41, 5.74) is 24.9. The number of rotatable bonds is 5. The SMILES string of the molecule is CC1(C)c2ccccc2-c2ccc(-c3ccc4c(c3)c3cc(N(c5ccccc5)c5ccc6c(c5)C5(c7ccccc7-c7ccccc75)c5ccccc5-6)ccc3n4-c3ccccc3)cc21. The van der Waals surface area contributed by atoms with Gasteiger partial charge in [0.05, 0.1) is 16.4 Å². The van der Waals surface area contributed by atoms with Crippen molar-refractivity contribution in [2.75, 3.05) is 4.90 Å². The van der Waals surface area contributed by atoms with Crippen LogP contribution >= 0.6 is 0 Å². The van der Waals surface area contributed by atoms with Gasteiger partial charge in [-0.1, -0.05) is 172 Å². The van der Waals surface area contributed by atoms with Crippen molar-refractivity contribution < 1.29 is 0 Å². The average molecular weight is 841 g/mol. The molecule has 14 rings (SSSR count). The summed E-state index contributed by atoms with van der Waals surface area (Å²) in [5.74, 6) is 0. The minimum absolute atomic E-state index is 0.0737. The van der Waals surface area contributed by atoms with Gasteiger partial charge in [-0.25, -0.2) is 0 Å². The van der Waals surface area contributed by atoms with Gasteiger partial charge in [0.25, 0.3) is 0 Å². The lowest BCUT2D eigenvalue weighted by atomic mass is 9.70. The topological polar surface area (TPSA) is 8.17 Å². The first kappa shape index (κ1) is 37.2. The van der Waals surface area contributed by atoms with Crippen molar-refractivity contribution >= 4 is 38.9 Å². The summed E-state index contributed by atoms with van der Waals surface area (Å²) in [7, 11) is 0. The van der Waals surface area contributed by atoms with Gasteiger partial charge in [0.1, 0.15) is 0 Å². The minimum Gasteiger partial charge on any atom is -0.310 e. The molecule has 0 aliphatic heterocycles. The average Bonchev–Trinajstić information content (AvgIpc) is 4.04. The summed E-state index contributed by atoms with van der Waals surface area (Å²) in [6.45, 7) is 4.73. The summed E-state index contributed by atoms with van der Waals surface area (Å²) >= 11 is 0. The Morgan fingerprint density at radius 1 is 0.318 bits per heavy atom. The van der Waals surface area contributed by atoms with E-state index in [2.05, 4.69) is 254 Å². The van der Waals surface area contributed by atoms with E-state index in [0.29, 0.717) is 0 Å². The Hall–Kier alpha value is -8.20. The fourth-order valence-corrected chi connectivity index (χ4v) is 12.3. The molecule has 0 amide bonds. The van der Waals surface area contributed by atoms with Crippen LogP contribution in [0.3, 0.4) is 0 Å². The summed E-state index contributed by atoms with van der Waals surface area (Å²) in [4.78, 5) is 2.46. The second-order valence-corrected chi connectivity index (χ2v) is 18.8. The lowest BCUT2D eigenvalue weighted by molar-refractivity contribution is 0.660. The predicted molar refractivity (Wildman–Crippen MR) is 275 cm³/mol. The molecule has 66 heavy (non-hydrogen) atoms. The monoisotopic (exact) mass is 840 g/mol. The van der Waals surface area contributed by atoms with E-state index in [9.17, 15) is 0 Å². The van der Waals surface area contributed by atoms with Crippen molar-refractivity contribution in [2.24, 2.45) is 0 Å². The third-order valence-corrected chi connectivity index (χ3v) is 15.2. The van der Waals surface area contributed by atoms with Gasteiger partial charge < -0.3 is 9.47 Å². The first-order valence-electron chi connectivity index (χ1n) is 23.2. The number of fused-ring (bicyclic) bond motifs is 16. The zero-order chi connectivity index (χ0) is 43.7. The molecule has 0 atom stereocenters. The van der Waals surface area contributed by atoms with Crippen LogP contribution in [0.15, 0.2) is 231 Å². The highest BCUT2D eigenvalue weighted by Gasteiger charge is 2.51. The van der Waals surface area contributed by atoms with Crippen LogP contribution in [-0.2, 0) is 10.8 Å². The second kappa shape index (κ2) is 13.7. The van der Waals surface area contributed by atoms with Crippen LogP contribution in [-0.4, -0.2) is 4.57 Å². The van der Waals surface area contributed by atoms with Crippen molar-refractivity contribution in [1.29, 1.82) is 0 Å². The number of hydrogen-bond donors (Lipinski definition) is 0. The first-order chi connectivity index (χ1) is 32.5. The lowest BCUT2D eigenvalue weighted by Crippen LogP contribution is -2.26. The van der Waals surface area contributed by atoms with Crippen LogP contribution in [0.25, 0.3) is 72.0 Å². The minimum atomic E-state index is -0.434. The van der Waals surface area contributed by atoms with Crippen LogP contribution in [0.1, 0.15) is 47.2 Å². The molecule has 0 saturated heterocycles. The fraction of sp³-hybridized carbons (Fsp3) is 0.0625. The number of para-hydroxylation sites is 2. The molecule has 3 aliphatic rings. The zero-order valence-corrected chi connectivity index (χ0v) is 36.8. The largest absolute Gasteiger partial charge is 0.310 e. The van der Waals surface area contributed by atoms with E-state index >= 15 is 0 Å². The summed E-state index contributed by atoms with van der Waals surface area (Å²) in [5, 5.41) is 2.44. The molecule has 1 heterocycles. The molecule has 1 spiro atoms. The Morgan fingerprint density at radius 3 is 1.41 bits per heavy atom. The van der Waals surface area contributed by atoms with Gasteiger partial charge in [0.15, 0.2) is 0 Å². The molecule has 0 fully saturated rings. The van der Waals surface area contributed by atoms with E-state index in [1.165, 1.54) is 99.7 Å². The predicted octanol–water partition coefficient (Wildman–Crippen LogP) is 16.6. The number of nitrogens with zero attached hydrogens (tertiary/aromatic N) is 2. The molecule has 0 bridgehead atoms. The Bertz CT molecular complexity index is 3730. The third kappa shape index (κ3) is 4.96. The molecule has 0 unspecified atom stereocenters. The van der Waals surface area contributed by atoms with Gasteiger partial charge >= 0.3 is 0 Å². The first-order valence-corrected chi connectivity index (χ1v) is 23.2. The van der Waals surface area contributed by atoms with Crippen molar-refractivity contribution in [3.05, 3.63) is 264 Å². The van der Waals surface area contributed by atoms with E-state index < -0.39 is 5.41 Å². The smallest absolute Gasteiger partial charge is 0.0726 e. The number of benzene rings is 10. The zero-order valence-electron chi connectivity index (χ0n) is 36.8. The van der Waals surface area contributed by atoms with E-state index in [1.807, 2.05) is 0 Å². The molecular weight excluding hydrogens is 797 g/mol. The maximum atomic E-state index is 2.49. The molecule has 1 aromatic heterocycles. The van der Waals surface area contributed by atoms with Crippen molar-refractivity contribution in [1.82, 2.24) is 4.57 Å². The van der Waals surface area contributed by atoms with Crippen LogP contribution in [0.2, 0.25) is 0 Å². The normalized spacial score (nSPS) is 14.2. The molecule has 2 heteroatoms. The Labute approximate surface area is 385 Å². The molecular formula is C64H44N2. The Kier molecular flexibility index (Phi) is 7.70. The Balaban J connectivity index is 0.983. The standard InChI is InChI=1S/C64H44N2/c1-63(2)55-25-13-9-21-47(55)51-33-29-42(38-59(51)63)41-30-35-61-53(37-41)54-39-45(32-36-62(54)66(61)44-19-7-4-8-20-44)65(43-17-5-3-6-18-43)46-31-34-52-50-24-12-16-28-58(50)64(60(52)40-46)56-26-14-10-22-48(56)49-23-11-15-27-57(49)64/h3-40H,1-2H3. The summed E-state index contributed by atoms with van der Waals surface area (Å²) < 4.78 is 2.43. The van der Waals surface area contributed by atoms with Gasteiger partial charge in [-0.05, 0) is 151 Å². The van der Waals surface area contributed by atoms with Gasteiger partial charge in [0, 0.05) is 38.9 Å². The van der Waals surface area contributed by atoms with Crippen molar-refractivity contribution in [3.8, 4) is 50.2 Å². The van der Waals surface area contributed by atoms with Crippen molar-refractivity contribution in [2.45, 2.75) is 24.7 Å². The second-order valence-electron chi connectivity index (χ2n) is 18.8. The van der Waals surface area contributed by atoms with Crippen LogP contribution in [0.4, 0.5) is 17.1 Å². The maximum absolute atomic E-state index is 2.49. The van der Waals surface area contributed by atoms with Gasteiger partial charge in [-0.15, -0.1) is 0 Å². The quantitative estimate of drug-likeness (QED) is 0.168. The van der Waals surface area contributed by atoms with Gasteiger partial charge in [-0.3, -0.25) is 0 Å². The van der Waals surface area contributed by atoms with E-state index in [4.69, 9.17) is 0 Å². The van der Waals surface area contributed by atoms with E-state index in [-0.39, 0.29) is 5.41 Å². The molecule has 0 radical (unpaired) electrons. The fourth-order valence-electron chi connectivity index (χ4n) is 12.3. The Morgan fingerprint density at radius 2 is 0.758 bits per heavy atom. The maximum Gasteiger partial charge on any atom is 0.0726 e. The molecule has 3 aliphatic carbocycles. The number of hydrogen-bond acceptors (Lipinski definition) is 1. The molecule has 11 aromatic rings. The van der Waals surface area contributed by atoms with E-state index in [1.54, 1.807) is 0 Å². The van der Waals surface area contributed by atoms with Crippen LogP contribution in [0.5, 0.6) is 0 Å². The highest BCUT2D eigenvalue weighted by molar-refractivity contribution is 6.12. The lowest BCUT2D eigenvalue weighted by Gasteiger charge is -2.32. The molecule has 0 saturated carbocycles. The molecule has 310 valence electrons. The van der Waals surface area contributed by atoms with Gasteiger partial charge in [0.2, 0.25) is 0 Å². The molecule has 10 aromatic carbocycles. The highest BCUT2D eigenvalue weighted by Crippen LogP contribution is 2.63.